The quantitative estimate of drug-likeness (QED) is 0.747. The van der Waals surface area contributed by atoms with Gasteiger partial charge in [-0.1, -0.05) is 18.2 Å². The van der Waals surface area contributed by atoms with Crippen LogP contribution < -0.4 is 15.4 Å². The van der Waals surface area contributed by atoms with Crippen molar-refractivity contribution in [2.45, 2.75) is 19.4 Å². The molecule has 2 aromatic rings. The highest BCUT2D eigenvalue weighted by molar-refractivity contribution is 9.10. The lowest BCUT2D eigenvalue weighted by atomic mass is 10.3. The molecule has 0 aliphatic carbocycles. The van der Waals surface area contributed by atoms with Crippen molar-refractivity contribution in [3.63, 3.8) is 0 Å². The minimum Gasteiger partial charge on any atom is -0.463 e. The van der Waals surface area contributed by atoms with Crippen molar-refractivity contribution in [1.82, 2.24) is 20.4 Å². The van der Waals surface area contributed by atoms with Gasteiger partial charge in [-0.3, -0.25) is 9.59 Å². The Kier molecular flexibility index (Phi) is 6.36. The number of ether oxygens (including phenoxy) is 1. The number of hydrogen-bond donors (Lipinski definition) is 2. The van der Waals surface area contributed by atoms with E-state index in [1.165, 1.54) is 0 Å². The van der Waals surface area contributed by atoms with Crippen molar-refractivity contribution >= 4 is 27.7 Å². The van der Waals surface area contributed by atoms with Crippen LogP contribution in [-0.2, 0) is 9.59 Å². The fourth-order valence-corrected chi connectivity index (χ4v) is 2.29. The van der Waals surface area contributed by atoms with Gasteiger partial charge in [0, 0.05) is 26.2 Å². The van der Waals surface area contributed by atoms with E-state index in [1.54, 1.807) is 24.9 Å². The van der Waals surface area contributed by atoms with E-state index >= 15 is 0 Å². The maximum absolute atomic E-state index is 12.0. The highest BCUT2D eigenvalue weighted by Crippen LogP contribution is 2.25. The van der Waals surface area contributed by atoms with Crippen LogP contribution in [-0.4, -0.2) is 41.3 Å². The fraction of sp³-hybridized carbons (Fsp3) is 0.312. The molecule has 7 nitrogen and oxygen atoms in total. The minimum atomic E-state index is -0.731. The third-order valence-electron chi connectivity index (χ3n) is 3.25. The summed E-state index contributed by atoms with van der Waals surface area (Å²) in [5.74, 6) is -0.110. The van der Waals surface area contributed by atoms with Crippen LogP contribution in [0.5, 0.6) is 5.88 Å². The van der Waals surface area contributed by atoms with Gasteiger partial charge in [0.2, 0.25) is 11.8 Å². The zero-order valence-corrected chi connectivity index (χ0v) is 15.0. The van der Waals surface area contributed by atoms with Crippen LogP contribution in [0.2, 0.25) is 0 Å². The first-order valence-corrected chi connectivity index (χ1v) is 8.26. The summed E-state index contributed by atoms with van der Waals surface area (Å²) < 4.78 is 7.91. The molecule has 0 fully saturated rings. The number of para-hydroxylation sites is 1. The van der Waals surface area contributed by atoms with Gasteiger partial charge in [0.25, 0.3) is 5.91 Å². The largest absolute Gasteiger partial charge is 0.463 e. The predicted molar refractivity (Wildman–Crippen MR) is 93.0 cm³/mol. The molecule has 0 bridgehead atoms. The number of benzene rings is 1. The summed E-state index contributed by atoms with van der Waals surface area (Å²) >= 11 is 3.38. The van der Waals surface area contributed by atoms with E-state index in [4.69, 9.17) is 4.74 Å². The first kappa shape index (κ1) is 18.0. The van der Waals surface area contributed by atoms with Gasteiger partial charge in [-0.2, -0.15) is 0 Å². The monoisotopic (exact) mass is 394 g/mol. The van der Waals surface area contributed by atoms with Crippen LogP contribution in [0.25, 0.3) is 5.69 Å². The summed E-state index contributed by atoms with van der Waals surface area (Å²) in [6.45, 7) is 1.88. The summed E-state index contributed by atoms with van der Waals surface area (Å²) in [5, 5.41) is 9.47. The molecule has 2 rings (SSSR count). The van der Waals surface area contributed by atoms with Gasteiger partial charge in [-0.25, -0.2) is 4.68 Å². The lowest BCUT2D eigenvalue weighted by Crippen LogP contribution is -2.38. The SMILES string of the molecule is CNC(=O)CCNC(=O)[C@@H](C)Oc1nn(-c2ccccc2)cc1Br. The van der Waals surface area contributed by atoms with Gasteiger partial charge in [-0.15, -0.1) is 5.10 Å². The topological polar surface area (TPSA) is 85.2 Å². The molecule has 0 radical (unpaired) electrons. The van der Waals surface area contributed by atoms with E-state index in [-0.39, 0.29) is 24.8 Å². The van der Waals surface area contributed by atoms with Gasteiger partial charge in [0.15, 0.2) is 6.10 Å². The first-order valence-electron chi connectivity index (χ1n) is 7.46. The molecule has 8 heteroatoms. The number of aromatic nitrogens is 2. The van der Waals surface area contributed by atoms with Crippen LogP contribution in [0, 0.1) is 0 Å². The molecule has 2 amide bonds. The standard InChI is InChI=1S/C16H19BrN4O3/c1-11(15(23)19-9-8-14(22)18-2)24-16-13(17)10-21(20-16)12-6-4-3-5-7-12/h3-7,10-11H,8-9H2,1-2H3,(H,18,22)(H,19,23)/t11-/m1/s1. The second-order valence-electron chi connectivity index (χ2n) is 5.04. The number of carbonyl (C=O) groups is 2. The average Bonchev–Trinajstić information content (AvgIpc) is 2.96. The van der Waals surface area contributed by atoms with Crippen molar-refractivity contribution in [2.75, 3.05) is 13.6 Å². The number of amides is 2. The molecule has 0 saturated heterocycles. The van der Waals surface area contributed by atoms with Crippen LogP contribution in [0.15, 0.2) is 41.0 Å². The second-order valence-corrected chi connectivity index (χ2v) is 5.89. The molecule has 0 saturated carbocycles. The van der Waals surface area contributed by atoms with E-state index in [0.29, 0.717) is 10.4 Å². The maximum atomic E-state index is 12.0. The summed E-state index contributed by atoms with van der Waals surface area (Å²) in [5.41, 5.74) is 0.885. The van der Waals surface area contributed by atoms with Crippen molar-refractivity contribution < 1.29 is 14.3 Å². The van der Waals surface area contributed by atoms with E-state index in [0.717, 1.165) is 5.69 Å². The lowest BCUT2D eigenvalue weighted by Gasteiger charge is -2.13. The summed E-state index contributed by atoms with van der Waals surface area (Å²) in [6.07, 6.45) is 1.26. The number of nitrogens with zero attached hydrogens (tertiary/aromatic N) is 2. The predicted octanol–water partition coefficient (Wildman–Crippen LogP) is 1.65. The molecule has 0 aliphatic rings. The minimum absolute atomic E-state index is 0.131. The Morgan fingerprint density at radius 1 is 1.33 bits per heavy atom. The molecule has 24 heavy (non-hydrogen) atoms. The number of rotatable bonds is 7. The Labute approximate surface area is 148 Å². The fourth-order valence-electron chi connectivity index (χ4n) is 1.92. The van der Waals surface area contributed by atoms with Gasteiger partial charge in [-0.05, 0) is 35.0 Å². The Hall–Kier alpha value is -2.35. The Morgan fingerprint density at radius 2 is 2.04 bits per heavy atom. The van der Waals surface area contributed by atoms with Gasteiger partial charge in [0.1, 0.15) is 0 Å². The van der Waals surface area contributed by atoms with Gasteiger partial charge in [0.05, 0.1) is 10.2 Å². The third kappa shape index (κ3) is 4.82. The molecular formula is C16H19BrN4O3. The van der Waals surface area contributed by atoms with Crippen LogP contribution in [0.3, 0.4) is 0 Å². The van der Waals surface area contributed by atoms with Crippen molar-refractivity contribution in [2.24, 2.45) is 0 Å². The number of carbonyl (C=O) groups excluding carboxylic acids is 2. The van der Waals surface area contributed by atoms with Crippen molar-refractivity contribution in [3.05, 3.63) is 41.0 Å². The highest BCUT2D eigenvalue weighted by atomic mass is 79.9. The van der Waals surface area contributed by atoms with Crippen LogP contribution in [0.4, 0.5) is 0 Å². The van der Waals surface area contributed by atoms with E-state index < -0.39 is 6.10 Å². The third-order valence-corrected chi connectivity index (χ3v) is 3.79. The molecule has 1 aromatic heterocycles. The Morgan fingerprint density at radius 3 is 2.71 bits per heavy atom. The van der Waals surface area contributed by atoms with Crippen molar-refractivity contribution in [1.29, 1.82) is 0 Å². The second kappa shape index (κ2) is 8.49. The number of hydrogen-bond acceptors (Lipinski definition) is 4. The Bertz CT molecular complexity index is 703. The average molecular weight is 395 g/mol. The molecule has 2 N–H and O–H groups in total. The molecule has 1 atom stereocenters. The summed E-state index contributed by atoms with van der Waals surface area (Å²) in [7, 11) is 1.55. The molecule has 0 aliphatic heterocycles. The molecule has 1 heterocycles. The summed E-state index contributed by atoms with van der Waals surface area (Å²) in [4.78, 5) is 23.1. The molecule has 128 valence electrons. The number of nitrogens with one attached hydrogen (secondary N) is 2. The van der Waals surface area contributed by atoms with Crippen LogP contribution >= 0.6 is 15.9 Å². The first-order chi connectivity index (χ1) is 11.5. The van der Waals surface area contributed by atoms with Gasteiger partial charge >= 0.3 is 0 Å². The molecule has 1 aromatic carbocycles. The van der Waals surface area contributed by atoms with Gasteiger partial charge < -0.3 is 15.4 Å². The van der Waals surface area contributed by atoms with E-state index in [2.05, 4.69) is 31.7 Å². The summed E-state index contributed by atoms with van der Waals surface area (Å²) in [6, 6.07) is 9.57. The zero-order chi connectivity index (χ0) is 17.5. The van der Waals surface area contributed by atoms with Crippen molar-refractivity contribution in [3.8, 4) is 11.6 Å². The smallest absolute Gasteiger partial charge is 0.260 e. The number of halogens is 1. The molecule has 0 unspecified atom stereocenters. The maximum Gasteiger partial charge on any atom is 0.260 e. The highest BCUT2D eigenvalue weighted by Gasteiger charge is 2.18. The Balaban J connectivity index is 1.94. The van der Waals surface area contributed by atoms with E-state index in [1.807, 2.05) is 30.3 Å². The molecular weight excluding hydrogens is 376 g/mol. The lowest BCUT2D eigenvalue weighted by molar-refractivity contribution is -0.127. The molecule has 0 spiro atoms. The normalized spacial score (nSPS) is 11.6. The van der Waals surface area contributed by atoms with E-state index in [9.17, 15) is 9.59 Å². The zero-order valence-electron chi connectivity index (χ0n) is 13.5. The van der Waals surface area contributed by atoms with Crippen LogP contribution in [0.1, 0.15) is 13.3 Å².